The fourth-order valence-corrected chi connectivity index (χ4v) is 3.43. The topological polar surface area (TPSA) is 91.3 Å². The molecule has 1 aromatic carbocycles. The van der Waals surface area contributed by atoms with Crippen LogP contribution in [0.15, 0.2) is 73.3 Å². The van der Waals surface area contributed by atoms with Crippen LogP contribution >= 0.6 is 0 Å². The van der Waals surface area contributed by atoms with E-state index in [1.165, 1.54) is 6.08 Å². The van der Waals surface area contributed by atoms with Gasteiger partial charge in [0.05, 0.1) is 6.42 Å². The Morgan fingerprint density at radius 3 is 2.28 bits per heavy atom. The third-order valence-corrected chi connectivity index (χ3v) is 5.18. The number of pyridine rings is 1. The number of hydrogen-bond acceptors (Lipinski definition) is 6. The highest BCUT2D eigenvalue weighted by Crippen LogP contribution is 2.14. The highest BCUT2D eigenvalue weighted by molar-refractivity contribution is 6.01. The van der Waals surface area contributed by atoms with Gasteiger partial charge in [-0.3, -0.25) is 14.6 Å². The third-order valence-electron chi connectivity index (χ3n) is 5.18. The van der Waals surface area contributed by atoms with Gasteiger partial charge in [-0.2, -0.15) is 0 Å². The minimum absolute atomic E-state index is 0.0932. The lowest BCUT2D eigenvalue weighted by Gasteiger charge is -2.34. The van der Waals surface area contributed by atoms with Crippen LogP contribution in [0, 0.1) is 0 Å². The molecule has 4 rings (SSSR count). The summed E-state index contributed by atoms with van der Waals surface area (Å²) in [7, 11) is 0. The highest BCUT2D eigenvalue weighted by Gasteiger charge is 2.22. The smallest absolute Gasteiger partial charge is 0.248 e. The Hall–Kier alpha value is -4.07. The summed E-state index contributed by atoms with van der Waals surface area (Å²) >= 11 is 0. The van der Waals surface area contributed by atoms with Gasteiger partial charge < -0.3 is 15.1 Å². The Balaban J connectivity index is 1.25. The summed E-state index contributed by atoms with van der Waals surface area (Å²) in [6.07, 6.45) is 10.3. The zero-order valence-electron chi connectivity index (χ0n) is 17.6. The number of nitrogens with one attached hydrogen (secondary N) is 1. The molecule has 1 aliphatic heterocycles. The number of aromatic nitrogens is 3. The summed E-state index contributed by atoms with van der Waals surface area (Å²) in [6, 6.07) is 12.8. The van der Waals surface area contributed by atoms with Crippen molar-refractivity contribution in [2.75, 3.05) is 36.4 Å². The van der Waals surface area contributed by atoms with Crippen molar-refractivity contribution in [1.82, 2.24) is 19.9 Å². The number of piperazine rings is 1. The first-order valence-corrected chi connectivity index (χ1v) is 10.5. The van der Waals surface area contributed by atoms with Crippen LogP contribution in [0.25, 0.3) is 6.08 Å². The summed E-state index contributed by atoms with van der Waals surface area (Å²) in [4.78, 5) is 41.2. The number of hydrogen-bond donors (Lipinski definition) is 1. The fraction of sp³-hybridized carbons (Fsp3) is 0.208. The van der Waals surface area contributed by atoms with Crippen LogP contribution in [0.1, 0.15) is 11.1 Å². The number of anilines is 2. The summed E-state index contributed by atoms with van der Waals surface area (Å²) in [5, 5.41) is 2.82. The summed E-state index contributed by atoms with van der Waals surface area (Å²) in [5.74, 6) is 0.578. The Kier molecular flexibility index (Phi) is 6.81. The molecular weight excluding hydrogens is 404 g/mol. The predicted octanol–water partition coefficient (Wildman–Crippen LogP) is 2.41. The molecule has 3 heterocycles. The summed E-state index contributed by atoms with van der Waals surface area (Å²) in [6.45, 7) is 2.73. The Morgan fingerprint density at radius 1 is 0.906 bits per heavy atom. The molecule has 1 saturated heterocycles. The molecule has 8 nitrogen and oxygen atoms in total. The van der Waals surface area contributed by atoms with Crippen LogP contribution in [0.3, 0.4) is 0 Å². The van der Waals surface area contributed by atoms with Gasteiger partial charge in [-0.1, -0.05) is 12.1 Å². The van der Waals surface area contributed by atoms with E-state index in [1.807, 2.05) is 41.3 Å². The van der Waals surface area contributed by atoms with E-state index in [0.29, 0.717) is 44.2 Å². The lowest BCUT2D eigenvalue weighted by molar-refractivity contribution is -0.130. The van der Waals surface area contributed by atoms with Gasteiger partial charge in [-0.25, -0.2) is 9.97 Å². The Labute approximate surface area is 186 Å². The molecule has 0 aliphatic carbocycles. The van der Waals surface area contributed by atoms with E-state index in [0.717, 1.165) is 11.1 Å². The van der Waals surface area contributed by atoms with Crippen LogP contribution in [0.2, 0.25) is 0 Å². The first-order valence-electron chi connectivity index (χ1n) is 10.5. The number of carbonyl (C=O) groups is 2. The first-order chi connectivity index (χ1) is 15.7. The van der Waals surface area contributed by atoms with Gasteiger partial charge in [0.25, 0.3) is 0 Å². The van der Waals surface area contributed by atoms with Crippen molar-refractivity contribution in [3.05, 3.63) is 84.5 Å². The molecule has 8 heteroatoms. The van der Waals surface area contributed by atoms with Crippen molar-refractivity contribution >= 4 is 29.5 Å². The Bertz CT molecular complexity index is 1060. The molecule has 1 N–H and O–H groups in total. The van der Waals surface area contributed by atoms with Gasteiger partial charge in [-0.05, 0) is 47.5 Å². The molecule has 1 fully saturated rings. The Morgan fingerprint density at radius 2 is 1.59 bits per heavy atom. The second kappa shape index (κ2) is 10.3. The van der Waals surface area contributed by atoms with Gasteiger partial charge in [0.15, 0.2) is 0 Å². The highest BCUT2D eigenvalue weighted by atomic mass is 16.2. The van der Waals surface area contributed by atoms with Crippen molar-refractivity contribution in [2.24, 2.45) is 0 Å². The van der Waals surface area contributed by atoms with E-state index in [9.17, 15) is 9.59 Å². The van der Waals surface area contributed by atoms with E-state index in [-0.39, 0.29) is 11.8 Å². The maximum Gasteiger partial charge on any atom is 0.248 e. The maximum absolute atomic E-state index is 12.7. The first kappa shape index (κ1) is 21.2. The van der Waals surface area contributed by atoms with E-state index < -0.39 is 0 Å². The van der Waals surface area contributed by atoms with Crippen molar-refractivity contribution in [2.45, 2.75) is 6.42 Å². The lowest BCUT2D eigenvalue weighted by Crippen LogP contribution is -2.49. The van der Waals surface area contributed by atoms with E-state index in [1.54, 1.807) is 36.9 Å². The van der Waals surface area contributed by atoms with E-state index >= 15 is 0 Å². The molecule has 0 saturated carbocycles. The van der Waals surface area contributed by atoms with Crippen molar-refractivity contribution < 1.29 is 9.59 Å². The van der Waals surface area contributed by atoms with Crippen LogP contribution in [-0.4, -0.2) is 57.8 Å². The van der Waals surface area contributed by atoms with Gasteiger partial charge in [0.2, 0.25) is 17.8 Å². The minimum Gasteiger partial charge on any atom is -0.339 e. The van der Waals surface area contributed by atoms with Crippen molar-refractivity contribution in [1.29, 1.82) is 0 Å². The van der Waals surface area contributed by atoms with Gasteiger partial charge in [0, 0.05) is 62.7 Å². The standard InChI is InChI=1S/C24H24N6O2/c31-22(7-4-19-8-12-25-13-9-19)28-21-5-2-20(3-6-21)18-23(32)29-14-16-30(17-15-29)24-26-10-1-11-27-24/h1-13H,14-18H2,(H,28,31)/b7-4+. The number of rotatable bonds is 6. The number of carbonyl (C=O) groups excluding carboxylic acids is 2. The molecule has 162 valence electrons. The number of benzene rings is 1. The van der Waals surface area contributed by atoms with E-state index in [4.69, 9.17) is 0 Å². The second-order valence-electron chi connectivity index (χ2n) is 7.39. The van der Waals surface area contributed by atoms with Crippen LogP contribution in [0.4, 0.5) is 11.6 Å². The maximum atomic E-state index is 12.7. The number of nitrogens with zero attached hydrogens (tertiary/aromatic N) is 5. The van der Waals surface area contributed by atoms with Gasteiger partial charge in [-0.15, -0.1) is 0 Å². The third kappa shape index (κ3) is 5.75. The molecule has 0 bridgehead atoms. The zero-order chi connectivity index (χ0) is 22.2. The molecule has 32 heavy (non-hydrogen) atoms. The second-order valence-corrected chi connectivity index (χ2v) is 7.39. The minimum atomic E-state index is -0.217. The van der Waals surface area contributed by atoms with Crippen LogP contribution in [0.5, 0.6) is 0 Å². The van der Waals surface area contributed by atoms with Crippen molar-refractivity contribution in [3.63, 3.8) is 0 Å². The largest absolute Gasteiger partial charge is 0.339 e. The van der Waals surface area contributed by atoms with E-state index in [2.05, 4.69) is 25.2 Å². The van der Waals surface area contributed by atoms with Gasteiger partial charge >= 0.3 is 0 Å². The zero-order valence-corrected chi connectivity index (χ0v) is 17.6. The molecule has 0 radical (unpaired) electrons. The monoisotopic (exact) mass is 428 g/mol. The molecule has 1 aliphatic rings. The molecule has 0 spiro atoms. The van der Waals surface area contributed by atoms with Crippen LogP contribution in [-0.2, 0) is 16.0 Å². The fourth-order valence-electron chi connectivity index (χ4n) is 3.43. The lowest BCUT2D eigenvalue weighted by atomic mass is 10.1. The predicted molar refractivity (Wildman–Crippen MR) is 123 cm³/mol. The molecule has 0 unspecified atom stereocenters. The molecular formula is C24H24N6O2. The molecule has 0 atom stereocenters. The average molecular weight is 428 g/mol. The normalized spacial score (nSPS) is 13.9. The molecule has 3 aromatic rings. The molecule has 2 aromatic heterocycles. The van der Waals surface area contributed by atoms with Crippen LogP contribution < -0.4 is 10.2 Å². The van der Waals surface area contributed by atoms with Crippen molar-refractivity contribution in [3.8, 4) is 0 Å². The summed E-state index contributed by atoms with van der Waals surface area (Å²) < 4.78 is 0. The molecule has 2 amide bonds. The van der Waals surface area contributed by atoms with Gasteiger partial charge in [0.1, 0.15) is 0 Å². The summed E-state index contributed by atoms with van der Waals surface area (Å²) in [5.41, 5.74) is 2.50. The quantitative estimate of drug-likeness (QED) is 0.607. The SMILES string of the molecule is O=C(/C=C/c1ccncc1)Nc1ccc(CC(=O)N2CCN(c3ncccn3)CC2)cc1. The average Bonchev–Trinajstić information content (AvgIpc) is 2.85. The number of amides is 2.